The number of thiocarbonyl (C=S) groups is 1. The van der Waals surface area contributed by atoms with Crippen molar-refractivity contribution in [3.63, 3.8) is 0 Å². The lowest BCUT2D eigenvalue weighted by Gasteiger charge is -2.35. The Morgan fingerprint density at radius 2 is 1.71 bits per heavy atom. The summed E-state index contributed by atoms with van der Waals surface area (Å²) < 4.78 is 39.6. The van der Waals surface area contributed by atoms with Crippen molar-refractivity contribution in [3.8, 4) is 0 Å². The molecule has 0 spiro atoms. The molecule has 0 aromatic heterocycles. The summed E-state index contributed by atoms with van der Waals surface area (Å²) in [4.78, 5) is 4.28. The van der Waals surface area contributed by atoms with E-state index in [2.05, 4.69) is 20.4 Å². The molecule has 0 unspecified atom stereocenters. The van der Waals surface area contributed by atoms with E-state index in [-0.39, 0.29) is 0 Å². The molecular weight excluding hydrogens is 385 g/mol. The standard InChI is InChI=1S/C20H23F3N4S/c1-26-9-11-27(12-10-26)18-8-7-16(20(21,22)23)13-17(18)25-19(28)24-14-15-5-3-2-4-6-15/h2-8,13H,9-12,14H2,1H3,(H2,24,25,28). The molecular formula is C20H23F3N4S. The summed E-state index contributed by atoms with van der Waals surface area (Å²) in [6.45, 7) is 3.71. The highest BCUT2D eigenvalue weighted by Gasteiger charge is 2.31. The number of anilines is 2. The fourth-order valence-electron chi connectivity index (χ4n) is 3.08. The molecule has 8 heteroatoms. The quantitative estimate of drug-likeness (QED) is 0.749. The van der Waals surface area contributed by atoms with Gasteiger partial charge in [-0.2, -0.15) is 13.2 Å². The van der Waals surface area contributed by atoms with Crippen molar-refractivity contribution in [2.75, 3.05) is 43.4 Å². The van der Waals surface area contributed by atoms with Crippen LogP contribution in [-0.4, -0.2) is 43.2 Å². The SMILES string of the molecule is CN1CCN(c2ccc(C(F)(F)F)cc2NC(=S)NCc2ccccc2)CC1. The van der Waals surface area contributed by atoms with Crippen LogP contribution in [0.1, 0.15) is 11.1 Å². The summed E-state index contributed by atoms with van der Waals surface area (Å²) in [5.74, 6) is 0. The van der Waals surface area contributed by atoms with Crippen LogP contribution in [0.5, 0.6) is 0 Å². The number of benzene rings is 2. The molecule has 1 aliphatic heterocycles. The molecule has 2 aromatic rings. The van der Waals surface area contributed by atoms with Crippen LogP contribution < -0.4 is 15.5 Å². The number of likely N-dealkylation sites (N-methyl/N-ethyl adjacent to an activating group) is 1. The molecule has 2 N–H and O–H groups in total. The first-order chi connectivity index (χ1) is 13.3. The van der Waals surface area contributed by atoms with Crippen molar-refractivity contribution < 1.29 is 13.2 Å². The highest BCUT2D eigenvalue weighted by Crippen LogP contribution is 2.35. The zero-order valence-corrected chi connectivity index (χ0v) is 16.4. The van der Waals surface area contributed by atoms with Crippen molar-refractivity contribution in [2.24, 2.45) is 0 Å². The van der Waals surface area contributed by atoms with Crippen molar-refractivity contribution in [2.45, 2.75) is 12.7 Å². The van der Waals surface area contributed by atoms with E-state index in [1.54, 1.807) is 0 Å². The average Bonchev–Trinajstić information content (AvgIpc) is 2.67. The Hall–Kier alpha value is -2.32. The maximum atomic E-state index is 13.2. The smallest absolute Gasteiger partial charge is 0.367 e. The lowest BCUT2D eigenvalue weighted by Crippen LogP contribution is -2.44. The summed E-state index contributed by atoms with van der Waals surface area (Å²) in [6.07, 6.45) is -4.41. The molecule has 4 nitrogen and oxygen atoms in total. The largest absolute Gasteiger partial charge is 0.416 e. The van der Waals surface area contributed by atoms with E-state index in [9.17, 15) is 13.2 Å². The van der Waals surface area contributed by atoms with Gasteiger partial charge in [0, 0.05) is 32.7 Å². The van der Waals surface area contributed by atoms with E-state index >= 15 is 0 Å². The molecule has 0 saturated carbocycles. The Bertz CT molecular complexity index is 803. The minimum Gasteiger partial charge on any atom is -0.367 e. The molecule has 1 heterocycles. The number of piperazine rings is 1. The number of alkyl halides is 3. The molecule has 0 atom stereocenters. The fraction of sp³-hybridized carbons (Fsp3) is 0.350. The molecule has 2 aromatic carbocycles. The van der Waals surface area contributed by atoms with Gasteiger partial charge in [-0.15, -0.1) is 0 Å². The second kappa shape index (κ2) is 8.79. The molecule has 3 rings (SSSR count). The number of halogens is 3. The van der Waals surface area contributed by atoms with Crippen molar-refractivity contribution >= 4 is 28.7 Å². The molecule has 1 saturated heterocycles. The van der Waals surface area contributed by atoms with Gasteiger partial charge < -0.3 is 20.4 Å². The Balaban J connectivity index is 1.76. The van der Waals surface area contributed by atoms with Crippen LogP contribution >= 0.6 is 12.2 Å². The highest BCUT2D eigenvalue weighted by atomic mass is 32.1. The van der Waals surface area contributed by atoms with Gasteiger partial charge in [0.2, 0.25) is 0 Å². The van der Waals surface area contributed by atoms with E-state index in [0.29, 0.717) is 17.3 Å². The second-order valence-corrected chi connectivity index (χ2v) is 7.22. The normalized spacial score (nSPS) is 15.4. The van der Waals surface area contributed by atoms with Crippen LogP contribution in [0, 0.1) is 0 Å². The molecule has 0 radical (unpaired) electrons. The molecule has 0 bridgehead atoms. The minimum atomic E-state index is -4.41. The van der Waals surface area contributed by atoms with Crippen LogP contribution in [0.3, 0.4) is 0 Å². The minimum absolute atomic E-state index is 0.290. The predicted octanol–water partition coefficient (Wildman–Crippen LogP) is 3.94. The number of nitrogens with one attached hydrogen (secondary N) is 2. The van der Waals surface area contributed by atoms with Crippen LogP contribution in [0.15, 0.2) is 48.5 Å². The fourth-order valence-corrected chi connectivity index (χ4v) is 3.26. The summed E-state index contributed by atoms with van der Waals surface area (Å²) >= 11 is 5.32. The third-order valence-corrected chi connectivity index (χ3v) is 4.96. The van der Waals surface area contributed by atoms with E-state index in [4.69, 9.17) is 12.2 Å². The van der Waals surface area contributed by atoms with Gasteiger partial charge in [0.15, 0.2) is 5.11 Å². The maximum absolute atomic E-state index is 13.2. The zero-order chi connectivity index (χ0) is 20.1. The molecule has 1 aliphatic rings. The van der Waals surface area contributed by atoms with Gasteiger partial charge in [-0.3, -0.25) is 0 Å². The second-order valence-electron chi connectivity index (χ2n) is 6.81. The van der Waals surface area contributed by atoms with Gasteiger partial charge in [0.1, 0.15) is 0 Å². The van der Waals surface area contributed by atoms with Gasteiger partial charge in [0.05, 0.1) is 16.9 Å². The van der Waals surface area contributed by atoms with Crippen LogP contribution in [0.4, 0.5) is 24.5 Å². The maximum Gasteiger partial charge on any atom is 0.416 e. The van der Waals surface area contributed by atoms with E-state index in [0.717, 1.165) is 49.6 Å². The number of rotatable bonds is 4. The third-order valence-electron chi connectivity index (χ3n) is 4.71. The Kier molecular flexibility index (Phi) is 6.41. The molecule has 0 aliphatic carbocycles. The lowest BCUT2D eigenvalue weighted by atomic mass is 10.1. The molecule has 28 heavy (non-hydrogen) atoms. The Labute approximate surface area is 168 Å². The first-order valence-electron chi connectivity index (χ1n) is 9.06. The average molecular weight is 408 g/mol. The zero-order valence-electron chi connectivity index (χ0n) is 15.6. The Morgan fingerprint density at radius 1 is 1.04 bits per heavy atom. The van der Waals surface area contributed by atoms with E-state index in [1.165, 1.54) is 6.07 Å². The van der Waals surface area contributed by atoms with Crippen molar-refractivity contribution in [1.29, 1.82) is 0 Å². The van der Waals surface area contributed by atoms with Gasteiger partial charge in [-0.05, 0) is 43.0 Å². The topological polar surface area (TPSA) is 30.5 Å². The van der Waals surface area contributed by atoms with Gasteiger partial charge in [-0.25, -0.2) is 0 Å². The predicted molar refractivity (Wildman–Crippen MR) is 111 cm³/mol. The Morgan fingerprint density at radius 3 is 2.36 bits per heavy atom. The summed E-state index contributed by atoms with van der Waals surface area (Å²) in [5, 5.41) is 6.31. The van der Waals surface area contributed by atoms with Gasteiger partial charge in [0.25, 0.3) is 0 Å². The van der Waals surface area contributed by atoms with Gasteiger partial charge in [-0.1, -0.05) is 30.3 Å². The highest BCUT2D eigenvalue weighted by molar-refractivity contribution is 7.80. The monoisotopic (exact) mass is 408 g/mol. The molecule has 0 amide bonds. The summed E-state index contributed by atoms with van der Waals surface area (Å²) in [6, 6.07) is 13.5. The van der Waals surface area contributed by atoms with Crippen LogP contribution in [-0.2, 0) is 12.7 Å². The van der Waals surface area contributed by atoms with Crippen molar-refractivity contribution in [1.82, 2.24) is 10.2 Å². The first kappa shape index (κ1) is 20.4. The van der Waals surface area contributed by atoms with Gasteiger partial charge >= 0.3 is 6.18 Å². The van der Waals surface area contributed by atoms with Crippen LogP contribution in [0.25, 0.3) is 0 Å². The first-order valence-corrected chi connectivity index (χ1v) is 9.47. The van der Waals surface area contributed by atoms with E-state index < -0.39 is 11.7 Å². The molecule has 1 fully saturated rings. The molecule has 150 valence electrons. The van der Waals surface area contributed by atoms with E-state index in [1.807, 2.05) is 37.4 Å². The summed E-state index contributed by atoms with van der Waals surface area (Å²) in [7, 11) is 2.03. The number of hydrogen-bond acceptors (Lipinski definition) is 3. The third kappa shape index (κ3) is 5.36. The summed E-state index contributed by atoms with van der Waals surface area (Å²) in [5.41, 5.74) is 1.43. The number of nitrogens with zero attached hydrogens (tertiary/aromatic N) is 2. The van der Waals surface area contributed by atoms with Crippen LogP contribution in [0.2, 0.25) is 0 Å². The lowest BCUT2D eigenvalue weighted by molar-refractivity contribution is -0.137. The van der Waals surface area contributed by atoms with Crippen molar-refractivity contribution in [3.05, 3.63) is 59.7 Å². The number of hydrogen-bond donors (Lipinski definition) is 2.